The van der Waals surface area contributed by atoms with Gasteiger partial charge in [-0.05, 0) is 68.2 Å². The summed E-state index contributed by atoms with van der Waals surface area (Å²) in [4.78, 5) is 15.4. The Balaban J connectivity index is 1.73. The van der Waals surface area contributed by atoms with Gasteiger partial charge in [0, 0.05) is 22.7 Å². The van der Waals surface area contributed by atoms with Crippen LogP contribution in [0.1, 0.15) is 49.4 Å². The predicted octanol–water partition coefficient (Wildman–Crippen LogP) is 6.54. The lowest BCUT2D eigenvalue weighted by molar-refractivity contribution is -0.115. The van der Waals surface area contributed by atoms with Crippen molar-refractivity contribution in [1.82, 2.24) is 0 Å². The lowest BCUT2D eigenvalue weighted by Gasteiger charge is -2.51. The van der Waals surface area contributed by atoms with Crippen LogP contribution in [0.4, 0.5) is 5.69 Å². The van der Waals surface area contributed by atoms with Gasteiger partial charge < -0.3 is 9.64 Å². The molecular weight excluding hydrogens is 394 g/mol. The van der Waals surface area contributed by atoms with Gasteiger partial charge in [-0.3, -0.25) is 4.79 Å². The summed E-state index contributed by atoms with van der Waals surface area (Å²) in [6, 6.07) is 24.8. The van der Waals surface area contributed by atoms with Gasteiger partial charge in [0.25, 0.3) is 5.91 Å². The molecule has 32 heavy (non-hydrogen) atoms. The van der Waals surface area contributed by atoms with Crippen LogP contribution < -0.4 is 9.64 Å². The van der Waals surface area contributed by atoms with E-state index in [0.29, 0.717) is 0 Å². The van der Waals surface area contributed by atoms with Gasteiger partial charge in [-0.1, -0.05) is 67.1 Å². The number of hydrogen-bond acceptors (Lipinski definition) is 2. The Kier molecular flexibility index (Phi) is 5.68. The summed E-state index contributed by atoms with van der Waals surface area (Å²) < 4.78 is 5.22. The van der Waals surface area contributed by atoms with E-state index in [0.717, 1.165) is 23.4 Å². The Morgan fingerprint density at radius 2 is 1.59 bits per heavy atom. The van der Waals surface area contributed by atoms with Crippen LogP contribution in [-0.2, 0) is 10.2 Å². The highest BCUT2D eigenvalue weighted by Gasteiger charge is 2.47. The van der Waals surface area contributed by atoms with E-state index in [4.69, 9.17) is 4.74 Å². The highest BCUT2D eigenvalue weighted by molar-refractivity contribution is 6.06. The Bertz CT molecular complexity index is 1140. The molecule has 3 nitrogen and oxygen atoms in total. The first-order valence-corrected chi connectivity index (χ1v) is 11.1. The number of carbonyl (C=O) groups is 1. The maximum absolute atomic E-state index is 13.5. The number of aryl methyl sites for hydroxylation is 1. The first-order valence-electron chi connectivity index (χ1n) is 11.1. The molecule has 1 atom stereocenters. The molecular formula is C29H31NO2. The second kappa shape index (κ2) is 8.31. The van der Waals surface area contributed by atoms with Gasteiger partial charge in [-0.2, -0.15) is 0 Å². The molecule has 0 saturated heterocycles. The summed E-state index contributed by atoms with van der Waals surface area (Å²) >= 11 is 0. The molecule has 0 aliphatic carbocycles. The lowest BCUT2D eigenvalue weighted by Crippen LogP contribution is -2.55. The van der Waals surface area contributed by atoms with Gasteiger partial charge in [0.05, 0.1) is 7.11 Å². The molecule has 0 N–H and O–H groups in total. The second-order valence-corrected chi connectivity index (χ2v) is 9.48. The number of ether oxygens (including phenoxy) is 1. The van der Waals surface area contributed by atoms with Crippen LogP contribution in [0, 0.1) is 6.92 Å². The Morgan fingerprint density at radius 1 is 0.938 bits per heavy atom. The van der Waals surface area contributed by atoms with Crippen LogP contribution in [-0.4, -0.2) is 18.6 Å². The van der Waals surface area contributed by atoms with Crippen LogP contribution in [0.2, 0.25) is 0 Å². The van der Waals surface area contributed by atoms with Gasteiger partial charge in [0.15, 0.2) is 0 Å². The molecule has 0 spiro atoms. The minimum absolute atomic E-state index is 0.00998. The molecule has 1 amide bonds. The molecule has 0 saturated carbocycles. The van der Waals surface area contributed by atoms with E-state index < -0.39 is 0 Å². The van der Waals surface area contributed by atoms with Crippen molar-refractivity contribution in [2.75, 3.05) is 12.0 Å². The summed E-state index contributed by atoms with van der Waals surface area (Å²) in [5, 5.41) is 0. The van der Waals surface area contributed by atoms with E-state index in [1.807, 2.05) is 41.3 Å². The summed E-state index contributed by atoms with van der Waals surface area (Å²) in [6.45, 7) is 8.73. The molecule has 1 heterocycles. The Morgan fingerprint density at radius 3 is 2.25 bits per heavy atom. The van der Waals surface area contributed by atoms with E-state index in [-0.39, 0.29) is 16.9 Å². The first kappa shape index (κ1) is 21.9. The monoisotopic (exact) mass is 425 g/mol. The third-order valence-electron chi connectivity index (χ3n) is 6.57. The zero-order valence-electron chi connectivity index (χ0n) is 19.6. The highest BCUT2D eigenvalue weighted by Crippen LogP contribution is 2.50. The largest absolute Gasteiger partial charge is 0.497 e. The number of anilines is 1. The topological polar surface area (TPSA) is 29.5 Å². The van der Waals surface area contributed by atoms with Crippen molar-refractivity contribution < 1.29 is 9.53 Å². The fraction of sp³-hybridized carbons (Fsp3) is 0.276. The smallest absolute Gasteiger partial charge is 0.251 e. The van der Waals surface area contributed by atoms with Crippen molar-refractivity contribution in [2.45, 2.75) is 45.1 Å². The normalized spacial score (nSPS) is 19.6. The molecule has 0 radical (unpaired) electrons. The van der Waals surface area contributed by atoms with Gasteiger partial charge in [-0.15, -0.1) is 0 Å². The fourth-order valence-corrected chi connectivity index (χ4v) is 5.05. The zero-order valence-corrected chi connectivity index (χ0v) is 19.6. The highest BCUT2D eigenvalue weighted by atomic mass is 16.5. The van der Waals surface area contributed by atoms with E-state index in [2.05, 4.69) is 70.2 Å². The molecule has 3 heteroatoms. The van der Waals surface area contributed by atoms with Crippen LogP contribution in [0.3, 0.4) is 0 Å². The minimum Gasteiger partial charge on any atom is -0.497 e. The molecule has 1 aliphatic rings. The molecule has 3 aromatic rings. The van der Waals surface area contributed by atoms with Crippen LogP contribution in [0.15, 0.2) is 78.9 Å². The van der Waals surface area contributed by atoms with E-state index in [9.17, 15) is 4.79 Å². The minimum atomic E-state index is -0.352. The number of hydrogen-bond donors (Lipinski definition) is 0. The number of nitrogens with zero attached hydrogens (tertiary/aromatic N) is 1. The molecule has 1 unspecified atom stereocenters. The number of amides is 1. The van der Waals surface area contributed by atoms with Crippen LogP contribution >= 0.6 is 0 Å². The van der Waals surface area contributed by atoms with E-state index in [1.165, 1.54) is 16.7 Å². The summed E-state index contributed by atoms with van der Waals surface area (Å²) in [5.74, 6) is 0.791. The van der Waals surface area contributed by atoms with Crippen molar-refractivity contribution in [3.05, 3.63) is 101 Å². The Labute approximate surface area is 191 Å². The van der Waals surface area contributed by atoms with E-state index in [1.54, 1.807) is 13.2 Å². The molecule has 4 rings (SSSR count). The van der Waals surface area contributed by atoms with Crippen molar-refractivity contribution in [3.63, 3.8) is 0 Å². The summed E-state index contributed by atoms with van der Waals surface area (Å²) in [5.41, 5.74) is 5.14. The number of benzene rings is 3. The van der Waals surface area contributed by atoms with Crippen molar-refractivity contribution in [3.8, 4) is 5.75 Å². The fourth-order valence-electron chi connectivity index (χ4n) is 5.05. The van der Waals surface area contributed by atoms with Gasteiger partial charge in [0.2, 0.25) is 0 Å². The van der Waals surface area contributed by atoms with Crippen LogP contribution in [0.5, 0.6) is 5.75 Å². The Hall–Kier alpha value is -3.33. The van der Waals surface area contributed by atoms with Crippen molar-refractivity contribution >= 4 is 17.7 Å². The summed E-state index contributed by atoms with van der Waals surface area (Å²) in [7, 11) is 1.65. The quantitative estimate of drug-likeness (QED) is 0.444. The third kappa shape index (κ3) is 3.95. The van der Waals surface area contributed by atoms with E-state index >= 15 is 0 Å². The SMILES string of the molecule is COc1ccc(/C=C/C(=O)N2c3ccccc3C(C)(c3ccc(C)cc3)CC2(C)C)cc1. The average molecular weight is 426 g/mol. The van der Waals surface area contributed by atoms with Gasteiger partial charge in [-0.25, -0.2) is 0 Å². The number of rotatable bonds is 4. The predicted molar refractivity (Wildman–Crippen MR) is 132 cm³/mol. The molecule has 0 bridgehead atoms. The van der Waals surface area contributed by atoms with Crippen molar-refractivity contribution in [2.24, 2.45) is 0 Å². The number of para-hydroxylation sites is 1. The number of methoxy groups -OCH3 is 1. The maximum Gasteiger partial charge on any atom is 0.251 e. The maximum atomic E-state index is 13.5. The standard InChI is InChI=1S/C29H31NO2/c1-21-10-15-23(16-11-21)29(4)20-28(2,3)30(26-9-7-6-8-25(26)29)27(31)19-14-22-12-17-24(32-5)18-13-22/h6-19H,20H2,1-5H3/b19-14+. The zero-order chi connectivity index (χ0) is 22.9. The number of fused-ring (bicyclic) bond motifs is 1. The molecule has 0 aromatic heterocycles. The molecule has 164 valence electrons. The average Bonchev–Trinajstić information content (AvgIpc) is 2.78. The molecule has 1 aliphatic heterocycles. The van der Waals surface area contributed by atoms with Crippen molar-refractivity contribution in [1.29, 1.82) is 0 Å². The summed E-state index contributed by atoms with van der Waals surface area (Å²) in [6.07, 6.45) is 4.38. The third-order valence-corrected chi connectivity index (χ3v) is 6.57. The van der Waals surface area contributed by atoms with Gasteiger partial charge in [0.1, 0.15) is 5.75 Å². The molecule has 0 fully saturated rings. The lowest BCUT2D eigenvalue weighted by atomic mass is 9.65. The first-order chi connectivity index (χ1) is 15.2. The second-order valence-electron chi connectivity index (χ2n) is 9.48. The number of carbonyl (C=O) groups excluding carboxylic acids is 1. The molecule has 3 aromatic carbocycles. The van der Waals surface area contributed by atoms with Gasteiger partial charge >= 0.3 is 0 Å². The van der Waals surface area contributed by atoms with Crippen LogP contribution in [0.25, 0.3) is 6.08 Å².